The minimum absolute atomic E-state index is 0.608. The largest absolute Gasteiger partial charge is 0.312 e. The molecule has 0 bridgehead atoms. The van der Waals surface area contributed by atoms with Crippen LogP contribution in [0.1, 0.15) is 38.4 Å². The zero-order valence-electron chi connectivity index (χ0n) is 12.5. The number of aryl methyl sites for hydroxylation is 1. The lowest BCUT2D eigenvalue weighted by atomic mass is 10.0. The van der Waals surface area contributed by atoms with Gasteiger partial charge in [-0.15, -0.1) is 0 Å². The van der Waals surface area contributed by atoms with E-state index < -0.39 is 0 Å². The van der Waals surface area contributed by atoms with E-state index in [2.05, 4.69) is 42.0 Å². The molecule has 1 atom stereocenters. The lowest BCUT2D eigenvalue weighted by molar-refractivity contribution is 0.235. The molecule has 3 heteroatoms. The first-order chi connectivity index (χ1) is 9.20. The summed E-state index contributed by atoms with van der Waals surface area (Å²) in [5, 5.41) is 3.66. The maximum absolute atomic E-state index is 4.58. The van der Waals surface area contributed by atoms with Crippen LogP contribution in [0.4, 0.5) is 0 Å². The summed E-state index contributed by atoms with van der Waals surface area (Å²) >= 11 is 0. The zero-order chi connectivity index (χ0) is 13.7. The Morgan fingerprint density at radius 1 is 1.47 bits per heavy atom. The third-order valence-corrected chi connectivity index (χ3v) is 4.06. The fraction of sp³-hybridized carbons (Fsp3) is 0.688. The van der Waals surface area contributed by atoms with Crippen molar-refractivity contribution in [3.63, 3.8) is 0 Å². The van der Waals surface area contributed by atoms with E-state index in [1.807, 2.05) is 12.3 Å². The first-order valence-electron chi connectivity index (χ1n) is 7.59. The Kier molecular flexibility index (Phi) is 5.34. The Labute approximate surface area is 117 Å². The molecule has 1 fully saturated rings. The second kappa shape index (κ2) is 7.01. The van der Waals surface area contributed by atoms with Crippen molar-refractivity contribution < 1.29 is 0 Å². The molecule has 2 rings (SSSR count). The predicted octanol–water partition coefficient (Wildman–Crippen LogP) is 2.46. The summed E-state index contributed by atoms with van der Waals surface area (Å²) < 4.78 is 0. The van der Waals surface area contributed by atoms with Gasteiger partial charge >= 0.3 is 0 Å². The van der Waals surface area contributed by atoms with Crippen molar-refractivity contribution in [2.24, 2.45) is 5.92 Å². The van der Waals surface area contributed by atoms with E-state index >= 15 is 0 Å². The van der Waals surface area contributed by atoms with Gasteiger partial charge in [-0.1, -0.05) is 26.8 Å². The highest BCUT2D eigenvalue weighted by Gasteiger charge is 2.20. The summed E-state index contributed by atoms with van der Waals surface area (Å²) in [4.78, 5) is 7.14. The molecule has 1 saturated heterocycles. The van der Waals surface area contributed by atoms with Crippen LogP contribution in [-0.2, 0) is 13.0 Å². The van der Waals surface area contributed by atoms with Gasteiger partial charge in [0.05, 0.1) is 5.69 Å². The van der Waals surface area contributed by atoms with E-state index in [-0.39, 0.29) is 0 Å². The first-order valence-corrected chi connectivity index (χ1v) is 7.59. The van der Waals surface area contributed by atoms with Crippen molar-refractivity contribution in [2.45, 2.75) is 46.2 Å². The van der Waals surface area contributed by atoms with Gasteiger partial charge in [0.2, 0.25) is 0 Å². The second-order valence-electron chi connectivity index (χ2n) is 5.86. The average molecular weight is 261 g/mol. The van der Waals surface area contributed by atoms with Crippen molar-refractivity contribution in [3.8, 4) is 0 Å². The topological polar surface area (TPSA) is 28.2 Å². The van der Waals surface area contributed by atoms with Gasteiger partial charge < -0.3 is 5.32 Å². The van der Waals surface area contributed by atoms with Gasteiger partial charge in [-0.05, 0) is 43.5 Å². The van der Waals surface area contributed by atoms with Crippen LogP contribution in [0.15, 0.2) is 18.3 Å². The zero-order valence-corrected chi connectivity index (χ0v) is 12.5. The summed E-state index contributed by atoms with van der Waals surface area (Å²) in [6.07, 6.45) is 4.23. The van der Waals surface area contributed by atoms with Crippen molar-refractivity contribution in [1.29, 1.82) is 0 Å². The lowest BCUT2D eigenvalue weighted by Gasteiger charge is -2.27. The lowest BCUT2D eigenvalue weighted by Crippen LogP contribution is -2.41. The third-order valence-electron chi connectivity index (χ3n) is 4.06. The molecule has 1 unspecified atom stereocenters. The molecule has 1 aromatic heterocycles. The van der Waals surface area contributed by atoms with Gasteiger partial charge in [0.1, 0.15) is 0 Å². The van der Waals surface area contributed by atoms with E-state index in [0.717, 1.165) is 26.1 Å². The number of hydrogen-bond donors (Lipinski definition) is 1. The fourth-order valence-electron chi connectivity index (χ4n) is 2.76. The van der Waals surface area contributed by atoms with Gasteiger partial charge in [-0.3, -0.25) is 9.88 Å². The highest BCUT2D eigenvalue weighted by Crippen LogP contribution is 2.14. The van der Waals surface area contributed by atoms with E-state index in [1.165, 1.54) is 24.2 Å². The Morgan fingerprint density at radius 2 is 2.32 bits per heavy atom. The smallest absolute Gasteiger partial charge is 0.0575 e. The van der Waals surface area contributed by atoms with Gasteiger partial charge in [-0.25, -0.2) is 0 Å². The van der Waals surface area contributed by atoms with Gasteiger partial charge in [0.25, 0.3) is 0 Å². The van der Waals surface area contributed by atoms with E-state index in [0.29, 0.717) is 12.0 Å². The second-order valence-corrected chi connectivity index (χ2v) is 5.86. The highest BCUT2D eigenvalue weighted by atomic mass is 15.2. The molecule has 0 saturated carbocycles. The summed E-state index contributed by atoms with van der Waals surface area (Å²) in [6, 6.07) is 4.86. The Balaban J connectivity index is 2.04. The summed E-state index contributed by atoms with van der Waals surface area (Å²) in [5.41, 5.74) is 2.65. The summed E-state index contributed by atoms with van der Waals surface area (Å²) in [7, 11) is 0. The van der Waals surface area contributed by atoms with Crippen LogP contribution < -0.4 is 5.32 Å². The third kappa shape index (κ3) is 4.02. The summed E-state index contributed by atoms with van der Waals surface area (Å²) in [5.74, 6) is 0.690. The van der Waals surface area contributed by atoms with Gasteiger partial charge in [0.15, 0.2) is 0 Å². The molecule has 0 aromatic carbocycles. The van der Waals surface area contributed by atoms with Crippen LogP contribution in [0.2, 0.25) is 0 Å². The minimum atomic E-state index is 0.608. The molecule has 0 aliphatic carbocycles. The number of rotatable bonds is 4. The van der Waals surface area contributed by atoms with E-state index in [1.54, 1.807) is 0 Å². The molecule has 2 heterocycles. The number of hydrogen-bond acceptors (Lipinski definition) is 3. The number of nitrogens with zero attached hydrogens (tertiary/aromatic N) is 2. The molecule has 1 aromatic rings. The SMILES string of the molecule is CCc1cccnc1CN1CCCNC(C(C)C)C1. The molecule has 1 N–H and O–H groups in total. The maximum atomic E-state index is 4.58. The van der Waals surface area contributed by atoms with E-state index in [4.69, 9.17) is 0 Å². The van der Waals surface area contributed by atoms with Crippen molar-refractivity contribution >= 4 is 0 Å². The quantitative estimate of drug-likeness (QED) is 0.902. The molecule has 0 radical (unpaired) electrons. The monoisotopic (exact) mass is 261 g/mol. The molecular formula is C16H27N3. The Morgan fingerprint density at radius 3 is 3.05 bits per heavy atom. The first kappa shape index (κ1) is 14.5. The maximum Gasteiger partial charge on any atom is 0.0575 e. The Bertz CT molecular complexity index is 389. The molecular weight excluding hydrogens is 234 g/mol. The standard InChI is InChI=1S/C16H27N3/c1-4-14-7-5-8-18-16(14)12-19-10-6-9-17-15(11-19)13(2)3/h5,7-8,13,15,17H,4,6,9-12H2,1-3H3. The van der Waals surface area contributed by atoms with Crippen molar-refractivity contribution in [1.82, 2.24) is 15.2 Å². The number of pyridine rings is 1. The van der Waals surface area contributed by atoms with E-state index in [9.17, 15) is 0 Å². The molecule has 1 aliphatic rings. The van der Waals surface area contributed by atoms with Crippen LogP contribution in [0, 0.1) is 5.92 Å². The van der Waals surface area contributed by atoms with Crippen molar-refractivity contribution in [3.05, 3.63) is 29.6 Å². The highest BCUT2D eigenvalue weighted by molar-refractivity contribution is 5.19. The Hall–Kier alpha value is -0.930. The summed E-state index contributed by atoms with van der Waals surface area (Å²) in [6.45, 7) is 11.3. The van der Waals surface area contributed by atoms with Crippen LogP contribution in [0.3, 0.4) is 0 Å². The van der Waals surface area contributed by atoms with Crippen LogP contribution in [0.5, 0.6) is 0 Å². The fourth-order valence-corrected chi connectivity index (χ4v) is 2.76. The van der Waals surface area contributed by atoms with Crippen LogP contribution in [-0.4, -0.2) is 35.6 Å². The number of aromatic nitrogens is 1. The normalized spacial score (nSPS) is 21.6. The van der Waals surface area contributed by atoms with Crippen LogP contribution in [0.25, 0.3) is 0 Å². The molecule has 1 aliphatic heterocycles. The molecule has 0 spiro atoms. The molecule has 19 heavy (non-hydrogen) atoms. The van der Waals surface area contributed by atoms with Gasteiger partial charge in [0, 0.05) is 25.3 Å². The van der Waals surface area contributed by atoms with Gasteiger partial charge in [-0.2, -0.15) is 0 Å². The molecule has 0 amide bonds. The van der Waals surface area contributed by atoms with Crippen molar-refractivity contribution in [2.75, 3.05) is 19.6 Å². The predicted molar refractivity (Wildman–Crippen MR) is 80.1 cm³/mol. The minimum Gasteiger partial charge on any atom is -0.312 e. The number of nitrogens with one attached hydrogen (secondary N) is 1. The molecule has 3 nitrogen and oxygen atoms in total. The van der Waals surface area contributed by atoms with Crippen LogP contribution >= 0.6 is 0 Å². The average Bonchev–Trinajstić information content (AvgIpc) is 2.65. The molecule has 106 valence electrons.